The number of fused-ring (bicyclic) bond motifs is 4. The van der Waals surface area contributed by atoms with E-state index in [1.807, 2.05) is 31.2 Å². The first-order valence-corrected chi connectivity index (χ1v) is 24.4. The number of alkyl halides is 2. The maximum atomic E-state index is 16.8. The second kappa shape index (κ2) is 19.0. The van der Waals surface area contributed by atoms with Gasteiger partial charge in [-0.05, 0) is 35.5 Å². The van der Waals surface area contributed by atoms with E-state index in [0.717, 1.165) is 30.1 Å². The standard InChI is InChI=1S/C35H44BF2N9O11P2S/c1-2-50-9-10-51-11-12-52-13-20-3-5-21(6-4-20)16-61-60(49)54-15-24-29(25(37)34(56-24)47-19-45-28-31(40)42-17-43-33(28)47)57-59(36,48)53-14-23-30(58-60)26(38)35(55-23)46-18-44-27-22(39)7-8-41-32(27)46/h3-8,17-19,23-26,29-30,34-35H,2,9-16,36H2,1H3,(H2,39,41)(H2,40,42,43)/t23-,24-,25-,26-,29-,30-,34-,35-,59-,60+/m1/s1. The Hall–Kier alpha value is -3.64. The molecule has 61 heavy (non-hydrogen) atoms. The van der Waals surface area contributed by atoms with E-state index >= 15 is 8.78 Å². The summed E-state index contributed by atoms with van der Waals surface area (Å²) >= 11 is 0.784. The monoisotopic (exact) mass is 909 g/mol. The van der Waals surface area contributed by atoms with Gasteiger partial charge in [-0.25, -0.2) is 38.3 Å². The molecule has 0 spiro atoms. The number of hydrogen-bond donors (Lipinski definition) is 2. The highest BCUT2D eigenvalue weighted by Gasteiger charge is 2.54. The van der Waals surface area contributed by atoms with Crippen molar-refractivity contribution in [2.24, 2.45) is 0 Å². The number of nitrogens with two attached hydrogens (primary N) is 2. The molecule has 0 saturated carbocycles. The average molecular weight is 910 g/mol. The summed E-state index contributed by atoms with van der Waals surface area (Å²) in [6, 6.07) is 8.92. The van der Waals surface area contributed by atoms with Crippen LogP contribution in [-0.4, -0.2) is 125 Å². The number of hydrogen-bond acceptors (Lipinski definition) is 19. The molecule has 10 atom stereocenters. The van der Waals surface area contributed by atoms with Crippen LogP contribution in [0.5, 0.6) is 0 Å². The number of rotatable bonds is 14. The molecule has 3 aliphatic heterocycles. The second-order valence-electron chi connectivity index (χ2n) is 14.2. The van der Waals surface area contributed by atoms with Crippen molar-refractivity contribution < 1.29 is 59.7 Å². The lowest BCUT2D eigenvalue weighted by atomic mass is 10.1. The fourth-order valence-electron chi connectivity index (χ4n) is 6.98. The number of halogens is 2. The van der Waals surface area contributed by atoms with E-state index in [1.54, 1.807) is 6.07 Å². The minimum absolute atomic E-state index is 0.0606. The molecule has 5 aromatic rings. The molecule has 3 aliphatic rings. The lowest BCUT2D eigenvalue weighted by Gasteiger charge is -2.30. The van der Waals surface area contributed by atoms with E-state index in [-0.39, 0.29) is 28.4 Å². The Morgan fingerprint density at radius 2 is 1.39 bits per heavy atom. The highest BCUT2D eigenvalue weighted by atomic mass is 32.7. The number of aromatic nitrogens is 7. The van der Waals surface area contributed by atoms with Crippen molar-refractivity contribution in [3.05, 3.63) is 66.6 Å². The van der Waals surface area contributed by atoms with Crippen LogP contribution in [0, 0.1) is 0 Å². The first-order valence-electron chi connectivity index (χ1n) is 19.3. The van der Waals surface area contributed by atoms with Crippen LogP contribution in [0.25, 0.3) is 22.3 Å². The van der Waals surface area contributed by atoms with Gasteiger partial charge in [0.2, 0.25) is 0 Å². The number of benzene rings is 1. The minimum Gasteiger partial charge on any atom is -0.397 e. The zero-order valence-electron chi connectivity index (χ0n) is 33.0. The van der Waals surface area contributed by atoms with E-state index in [2.05, 4.69) is 24.9 Å². The van der Waals surface area contributed by atoms with Gasteiger partial charge >= 0.3 is 6.80 Å². The Bertz CT molecular complexity index is 2390. The molecule has 0 bridgehead atoms. The van der Waals surface area contributed by atoms with Crippen molar-refractivity contribution in [2.75, 3.05) is 57.7 Å². The van der Waals surface area contributed by atoms with Crippen LogP contribution in [-0.2, 0) is 63.3 Å². The fourth-order valence-corrected chi connectivity index (χ4v) is 11.5. The molecule has 328 valence electrons. The van der Waals surface area contributed by atoms with Crippen molar-refractivity contribution in [2.45, 2.75) is 68.5 Å². The Labute approximate surface area is 352 Å². The first-order chi connectivity index (χ1) is 29.4. The molecule has 0 aliphatic carbocycles. The molecule has 3 saturated heterocycles. The quantitative estimate of drug-likeness (QED) is 0.0906. The Morgan fingerprint density at radius 3 is 2.10 bits per heavy atom. The Kier molecular flexibility index (Phi) is 13.7. The van der Waals surface area contributed by atoms with Gasteiger partial charge < -0.3 is 44.2 Å². The van der Waals surface area contributed by atoms with Crippen molar-refractivity contribution in [1.82, 2.24) is 34.1 Å². The summed E-state index contributed by atoms with van der Waals surface area (Å²) in [5, 5.41) is 0. The van der Waals surface area contributed by atoms with Crippen LogP contribution in [0.1, 0.15) is 30.5 Å². The molecular weight excluding hydrogens is 865 g/mol. The molecule has 3 fully saturated rings. The topological polar surface area (TPSA) is 244 Å². The summed E-state index contributed by atoms with van der Waals surface area (Å²) in [5.41, 5.74) is 14.9. The van der Waals surface area contributed by atoms with E-state index < -0.39 is 76.7 Å². The fraction of sp³-hybridized carbons (Fsp3) is 0.514. The van der Waals surface area contributed by atoms with E-state index in [9.17, 15) is 9.13 Å². The van der Waals surface area contributed by atoms with Crippen LogP contribution in [0.15, 0.2) is 55.5 Å². The molecule has 20 nitrogen and oxygen atoms in total. The van der Waals surface area contributed by atoms with Gasteiger partial charge in [0.05, 0.1) is 64.6 Å². The van der Waals surface area contributed by atoms with Crippen LogP contribution >= 0.6 is 25.7 Å². The van der Waals surface area contributed by atoms with Gasteiger partial charge in [0, 0.05) is 18.6 Å². The van der Waals surface area contributed by atoms with Gasteiger partial charge in [-0.2, -0.15) is 0 Å². The highest BCUT2D eigenvalue weighted by Crippen LogP contribution is 2.65. The molecule has 0 radical (unpaired) electrons. The maximum absolute atomic E-state index is 16.8. The third kappa shape index (κ3) is 9.80. The molecule has 0 amide bonds. The zero-order valence-corrected chi connectivity index (χ0v) is 35.6. The number of imidazole rings is 2. The van der Waals surface area contributed by atoms with Gasteiger partial charge in [-0.3, -0.25) is 22.7 Å². The molecular formula is C35H44BF2N9O11P2S. The molecule has 1 aromatic carbocycles. The van der Waals surface area contributed by atoms with E-state index in [1.165, 1.54) is 34.3 Å². The van der Waals surface area contributed by atoms with Crippen LogP contribution in [0.2, 0.25) is 0 Å². The summed E-state index contributed by atoms with van der Waals surface area (Å²) in [7, 11) is -3.01. The van der Waals surface area contributed by atoms with Crippen molar-refractivity contribution in [1.29, 1.82) is 0 Å². The van der Waals surface area contributed by atoms with Crippen LogP contribution < -0.4 is 11.5 Å². The summed E-state index contributed by atoms with van der Waals surface area (Å²) in [6.45, 7) is -0.882. The number of anilines is 2. The van der Waals surface area contributed by atoms with Gasteiger partial charge in [0.25, 0.3) is 15.0 Å². The lowest BCUT2D eigenvalue weighted by Crippen LogP contribution is -2.37. The third-order valence-corrected chi connectivity index (χ3v) is 14.9. The molecule has 26 heteroatoms. The Morgan fingerprint density at radius 1 is 0.787 bits per heavy atom. The van der Waals surface area contributed by atoms with Crippen molar-refractivity contribution in [3.63, 3.8) is 0 Å². The summed E-state index contributed by atoms with van der Waals surface area (Å²) < 4.78 is 117. The van der Waals surface area contributed by atoms with Crippen molar-refractivity contribution in [3.8, 4) is 0 Å². The predicted octanol–water partition coefficient (Wildman–Crippen LogP) is 4.08. The van der Waals surface area contributed by atoms with Gasteiger partial charge in [-0.1, -0.05) is 24.3 Å². The summed E-state index contributed by atoms with van der Waals surface area (Å²) in [4.78, 5) is 20.9. The van der Waals surface area contributed by atoms with Crippen LogP contribution in [0.4, 0.5) is 20.3 Å². The number of ether oxygens (including phenoxy) is 5. The largest absolute Gasteiger partial charge is 0.397 e. The summed E-state index contributed by atoms with van der Waals surface area (Å²) in [6.07, 6.45) is -7.51. The van der Waals surface area contributed by atoms with E-state index in [4.69, 9.17) is 53.2 Å². The van der Waals surface area contributed by atoms with Gasteiger partial charge in [0.15, 0.2) is 41.9 Å². The third-order valence-electron chi connectivity index (χ3n) is 10.0. The zero-order chi connectivity index (χ0) is 42.7. The molecule has 7 heterocycles. The first kappa shape index (κ1) is 44.0. The summed E-state index contributed by atoms with van der Waals surface area (Å²) in [5.74, 6) is 0.147. The van der Waals surface area contributed by atoms with Gasteiger partial charge in [0.1, 0.15) is 41.8 Å². The van der Waals surface area contributed by atoms with Crippen LogP contribution in [0.3, 0.4) is 0 Å². The highest BCUT2D eigenvalue weighted by molar-refractivity contribution is 8.54. The number of nitrogen functional groups attached to an aromatic ring is 2. The smallest absolute Gasteiger partial charge is 0.389 e. The predicted molar refractivity (Wildman–Crippen MR) is 219 cm³/mol. The van der Waals surface area contributed by atoms with Crippen molar-refractivity contribution >= 4 is 67.1 Å². The molecule has 4 aromatic heterocycles. The Balaban J connectivity index is 1.03. The maximum Gasteiger partial charge on any atom is 0.389 e. The molecule has 0 unspecified atom stereocenters. The van der Waals surface area contributed by atoms with Gasteiger partial charge in [-0.15, -0.1) is 0 Å². The lowest BCUT2D eigenvalue weighted by molar-refractivity contribution is -0.0546. The normalized spacial score (nSPS) is 30.9. The number of nitrogens with zero attached hydrogens (tertiary/aromatic N) is 7. The average Bonchev–Trinajstić information content (AvgIpc) is 4.02. The molecule has 8 rings (SSSR count). The molecule has 4 N–H and O–H groups in total. The van der Waals surface area contributed by atoms with E-state index in [0.29, 0.717) is 50.8 Å². The minimum atomic E-state index is -4.42. The number of pyridine rings is 1. The SMILES string of the molecule is B[P@@]1(=O)OC[C@H]2O[C@@H](n3cnc4c(N)ccnc43)[C@H](F)[C@@H]2O[P@@](=O)(SCc2ccc(COCCOCCOCC)cc2)OC[C@H]2O[C@@H](n3cnc4c(N)ncnc43)[C@H](F)[C@@H]2O1. The second-order valence-corrected chi connectivity index (χ2v) is 20.3.